The molecule has 0 saturated carbocycles. The van der Waals surface area contributed by atoms with Crippen LogP contribution in [0.2, 0.25) is 0 Å². The van der Waals surface area contributed by atoms with Crippen molar-refractivity contribution in [1.29, 1.82) is 5.26 Å². The molecule has 1 heterocycles. The maximum Gasteiger partial charge on any atom is 0.324 e. The van der Waals surface area contributed by atoms with Gasteiger partial charge >= 0.3 is 6.03 Å². The highest BCUT2D eigenvalue weighted by Gasteiger charge is 2.28. The second-order valence-corrected chi connectivity index (χ2v) is 3.45. The van der Waals surface area contributed by atoms with E-state index in [0.717, 1.165) is 10.5 Å². The Hall–Kier alpha value is -2.35. The van der Waals surface area contributed by atoms with Crippen molar-refractivity contribution in [3.8, 4) is 6.07 Å². The lowest BCUT2D eigenvalue weighted by atomic mass is 10.1. The molecule has 0 unspecified atom stereocenters. The molecule has 0 aromatic heterocycles. The highest BCUT2D eigenvalue weighted by Crippen LogP contribution is 2.09. The minimum atomic E-state index is -0.366. The molecule has 80 valence electrons. The van der Waals surface area contributed by atoms with Crippen molar-refractivity contribution in [2.45, 2.75) is 6.54 Å². The van der Waals surface area contributed by atoms with Crippen molar-refractivity contribution < 1.29 is 9.59 Å². The lowest BCUT2D eigenvalue weighted by Gasteiger charge is -2.11. The molecule has 0 radical (unpaired) electrons. The monoisotopic (exact) mass is 215 g/mol. The number of hydrogen-bond acceptors (Lipinski definition) is 3. The molecule has 5 nitrogen and oxygen atoms in total. The van der Waals surface area contributed by atoms with E-state index in [4.69, 9.17) is 5.26 Å². The van der Waals surface area contributed by atoms with Crippen molar-refractivity contribution in [3.63, 3.8) is 0 Å². The van der Waals surface area contributed by atoms with Crippen LogP contribution in [0.1, 0.15) is 11.1 Å². The third-order valence-corrected chi connectivity index (χ3v) is 2.36. The van der Waals surface area contributed by atoms with Crippen LogP contribution in [-0.2, 0) is 11.3 Å². The van der Waals surface area contributed by atoms with E-state index in [1.165, 1.54) is 0 Å². The van der Waals surface area contributed by atoms with Crippen LogP contribution in [0.3, 0.4) is 0 Å². The van der Waals surface area contributed by atoms with Crippen molar-refractivity contribution in [2.75, 3.05) is 6.54 Å². The van der Waals surface area contributed by atoms with Gasteiger partial charge in [0.2, 0.25) is 5.91 Å². The predicted molar refractivity (Wildman–Crippen MR) is 55.1 cm³/mol. The van der Waals surface area contributed by atoms with E-state index in [-0.39, 0.29) is 25.0 Å². The van der Waals surface area contributed by atoms with Crippen molar-refractivity contribution >= 4 is 11.9 Å². The molecule has 1 aromatic rings. The minimum Gasteiger partial charge on any atom is -0.329 e. The van der Waals surface area contributed by atoms with E-state index in [1.807, 2.05) is 6.07 Å². The quantitative estimate of drug-likeness (QED) is 0.734. The summed E-state index contributed by atoms with van der Waals surface area (Å²) in [6.07, 6.45) is 0. The summed E-state index contributed by atoms with van der Waals surface area (Å²) in [7, 11) is 0. The van der Waals surface area contributed by atoms with Crippen LogP contribution in [0, 0.1) is 11.3 Å². The summed E-state index contributed by atoms with van der Waals surface area (Å²) in [5, 5.41) is 11.1. The Kier molecular flexibility index (Phi) is 2.56. The number of nitrogens with zero attached hydrogens (tertiary/aromatic N) is 2. The fraction of sp³-hybridized carbons (Fsp3) is 0.182. The fourth-order valence-electron chi connectivity index (χ4n) is 1.48. The Morgan fingerprint density at radius 2 is 2.00 bits per heavy atom. The van der Waals surface area contributed by atoms with Gasteiger partial charge in [0.25, 0.3) is 0 Å². The molecule has 0 aliphatic carbocycles. The number of imide groups is 1. The van der Waals surface area contributed by atoms with Crippen molar-refractivity contribution in [1.82, 2.24) is 10.2 Å². The number of nitrogens with one attached hydrogen (secondary N) is 1. The molecular weight excluding hydrogens is 206 g/mol. The van der Waals surface area contributed by atoms with Crippen LogP contribution in [0.15, 0.2) is 24.3 Å². The van der Waals surface area contributed by atoms with E-state index in [0.29, 0.717) is 5.56 Å². The van der Waals surface area contributed by atoms with Gasteiger partial charge in [-0.3, -0.25) is 9.69 Å². The summed E-state index contributed by atoms with van der Waals surface area (Å²) in [5.74, 6) is -0.227. The molecule has 0 atom stereocenters. The zero-order valence-electron chi connectivity index (χ0n) is 8.43. The molecule has 3 amide bonds. The summed E-state index contributed by atoms with van der Waals surface area (Å²) in [6, 6.07) is 8.43. The second kappa shape index (κ2) is 4.03. The maximum atomic E-state index is 11.3. The molecule has 0 bridgehead atoms. The number of carbonyl (C=O) groups excluding carboxylic acids is 2. The number of benzene rings is 1. The number of urea groups is 1. The topological polar surface area (TPSA) is 73.2 Å². The minimum absolute atomic E-state index is 0.0646. The van der Waals surface area contributed by atoms with Crippen molar-refractivity contribution in [2.24, 2.45) is 0 Å². The van der Waals surface area contributed by atoms with Gasteiger partial charge in [-0.25, -0.2) is 4.79 Å². The Bertz CT molecular complexity index is 457. The van der Waals surface area contributed by atoms with Crippen LogP contribution < -0.4 is 5.32 Å². The van der Waals surface area contributed by atoms with Gasteiger partial charge in [-0.15, -0.1) is 0 Å². The fourth-order valence-corrected chi connectivity index (χ4v) is 1.48. The number of carbonyl (C=O) groups is 2. The molecule has 1 fully saturated rings. The van der Waals surface area contributed by atoms with Gasteiger partial charge in [0.15, 0.2) is 0 Å². The smallest absolute Gasteiger partial charge is 0.324 e. The molecule has 1 N–H and O–H groups in total. The molecule has 0 spiro atoms. The predicted octanol–water partition coefficient (Wildman–Crippen LogP) is 0.610. The number of rotatable bonds is 2. The average Bonchev–Trinajstić information content (AvgIpc) is 2.62. The number of nitriles is 1. The first-order chi connectivity index (χ1) is 7.70. The number of amides is 3. The zero-order valence-corrected chi connectivity index (χ0v) is 8.43. The Morgan fingerprint density at radius 3 is 2.50 bits per heavy atom. The molecule has 1 saturated heterocycles. The van der Waals surface area contributed by atoms with E-state index in [1.54, 1.807) is 24.3 Å². The number of hydrogen-bond donors (Lipinski definition) is 1. The first-order valence-corrected chi connectivity index (χ1v) is 4.78. The molecule has 16 heavy (non-hydrogen) atoms. The van der Waals surface area contributed by atoms with Crippen molar-refractivity contribution in [3.05, 3.63) is 35.4 Å². The molecule has 5 heteroatoms. The summed E-state index contributed by atoms with van der Waals surface area (Å²) >= 11 is 0. The highest BCUT2D eigenvalue weighted by atomic mass is 16.2. The van der Waals surface area contributed by atoms with Crippen LogP contribution in [0.4, 0.5) is 4.79 Å². The van der Waals surface area contributed by atoms with Gasteiger partial charge in [0, 0.05) is 0 Å². The van der Waals surface area contributed by atoms with Gasteiger partial charge in [-0.1, -0.05) is 12.1 Å². The van der Waals surface area contributed by atoms with Gasteiger partial charge in [0.05, 0.1) is 24.7 Å². The van der Waals surface area contributed by atoms with E-state index < -0.39 is 0 Å². The summed E-state index contributed by atoms with van der Waals surface area (Å²) < 4.78 is 0. The van der Waals surface area contributed by atoms with Gasteiger partial charge in [0.1, 0.15) is 0 Å². The van der Waals surface area contributed by atoms with Crippen LogP contribution in [0.25, 0.3) is 0 Å². The van der Waals surface area contributed by atoms with E-state index in [9.17, 15) is 9.59 Å². The average molecular weight is 215 g/mol. The first-order valence-electron chi connectivity index (χ1n) is 4.78. The van der Waals surface area contributed by atoms with Crippen LogP contribution >= 0.6 is 0 Å². The molecule has 1 aromatic carbocycles. The third-order valence-electron chi connectivity index (χ3n) is 2.36. The lowest BCUT2D eigenvalue weighted by Crippen LogP contribution is -2.30. The first kappa shape index (κ1) is 10.2. The Balaban J connectivity index is 2.12. The molecule has 1 aliphatic heterocycles. The Morgan fingerprint density at radius 1 is 1.31 bits per heavy atom. The van der Waals surface area contributed by atoms with Gasteiger partial charge < -0.3 is 5.32 Å². The summed E-state index contributed by atoms with van der Waals surface area (Å²) in [6.45, 7) is 0.311. The Labute approximate surface area is 92.3 Å². The van der Waals surface area contributed by atoms with Gasteiger partial charge in [-0.05, 0) is 17.7 Å². The second-order valence-electron chi connectivity index (χ2n) is 3.45. The maximum absolute atomic E-state index is 11.3. The normalized spacial score (nSPS) is 14.8. The third kappa shape index (κ3) is 1.86. The van der Waals surface area contributed by atoms with Gasteiger partial charge in [-0.2, -0.15) is 5.26 Å². The van der Waals surface area contributed by atoms with Crippen LogP contribution in [-0.4, -0.2) is 23.4 Å². The molecular formula is C11H9N3O2. The highest BCUT2D eigenvalue weighted by molar-refractivity contribution is 6.01. The van der Waals surface area contributed by atoms with E-state index in [2.05, 4.69) is 5.32 Å². The molecule has 2 rings (SSSR count). The van der Waals surface area contributed by atoms with Crippen LogP contribution in [0.5, 0.6) is 0 Å². The van der Waals surface area contributed by atoms with E-state index >= 15 is 0 Å². The largest absolute Gasteiger partial charge is 0.329 e. The summed E-state index contributed by atoms with van der Waals surface area (Å²) in [4.78, 5) is 23.7. The molecule has 1 aliphatic rings. The SMILES string of the molecule is N#Cc1ccc(CN2C(=O)CNC2=O)cc1. The summed E-state index contributed by atoms with van der Waals surface area (Å²) in [5.41, 5.74) is 1.38. The lowest BCUT2D eigenvalue weighted by molar-refractivity contribution is -0.125. The standard InChI is InChI=1S/C11H9N3O2/c12-5-8-1-3-9(4-2-8)7-14-10(15)6-13-11(14)16/h1-4H,6-7H2,(H,13,16). The zero-order chi connectivity index (χ0) is 11.5.